The molecule has 4 unspecified atom stereocenters. The second kappa shape index (κ2) is 19.0. The molecule has 13 nitrogen and oxygen atoms in total. The van der Waals surface area contributed by atoms with Crippen LogP contribution in [-0.2, 0) is 19.1 Å². The van der Waals surface area contributed by atoms with Gasteiger partial charge in [-0.25, -0.2) is 14.8 Å². The van der Waals surface area contributed by atoms with Gasteiger partial charge in [0.2, 0.25) is 11.8 Å². The summed E-state index contributed by atoms with van der Waals surface area (Å²) in [6.45, 7) is 12.8. The van der Waals surface area contributed by atoms with E-state index in [0.29, 0.717) is 12.4 Å². The largest absolute Gasteiger partial charge is 0.474 e. The number of nitrogens with zero attached hydrogens (tertiary/aromatic N) is 3. The normalized spacial score (nSPS) is 15.6. The number of benzene rings is 3. The Morgan fingerprint density at radius 2 is 1.44 bits per heavy atom. The summed E-state index contributed by atoms with van der Waals surface area (Å²) < 4.78 is 9.88. The van der Waals surface area contributed by atoms with Gasteiger partial charge in [0.1, 0.15) is 23.7 Å². The van der Waals surface area contributed by atoms with Crippen molar-refractivity contribution in [3.05, 3.63) is 84.6 Å². The van der Waals surface area contributed by atoms with E-state index in [1.165, 1.54) is 14.2 Å². The molecule has 0 saturated carbocycles. The summed E-state index contributed by atoms with van der Waals surface area (Å²) >= 11 is 5.22. The number of aromatic nitrogens is 4. The standard InChI is InChI=1S/C44H55N8O5SSi/c1-25(2)37(50-43(55)56-5)41(53)49-35(24-59(7)8)39-45-23-34(48-39)30-17-15-28(16-18-30)27-11-13-29(14-12-27)31-19-20-32-33(22-31)47-40(46-32)36-10-9-21-52(36)42(54)38(26(3)4)51-44(58)57-6/h11-20,22-23,25-26,35-38H,9-10,21,24H2,1-8H3,(H,45,48)(H,46,47)(H,49,53)(H,50,55)(H,51,58). The van der Waals surface area contributed by atoms with E-state index >= 15 is 0 Å². The number of imidazole rings is 2. The molecule has 2 aromatic heterocycles. The van der Waals surface area contributed by atoms with Crippen molar-refractivity contribution < 1.29 is 23.9 Å². The van der Waals surface area contributed by atoms with Crippen molar-refractivity contribution in [1.82, 2.24) is 40.8 Å². The van der Waals surface area contributed by atoms with Crippen LogP contribution in [0.3, 0.4) is 0 Å². The summed E-state index contributed by atoms with van der Waals surface area (Å²) in [5.74, 6) is 1.08. The highest BCUT2D eigenvalue weighted by Gasteiger charge is 2.37. The molecule has 311 valence electrons. The number of ether oxygens (including phenoxy) is 2. The maximum Gasteiger partial charge on any atom is 0.407 e. The van der Waals surface area contributed by atoms with Gasteiger partial charge >= 0.3 is 6.09 Å². The molecule has 0 spiro atoms. The molecule has 5 aromatic rings. The number of hydrogen-bond acceptors (Lipinski definition) is 8. The van der Waals surface area contributed by atoms with Crippen molar-refractivity contribution in [1.29, 1.82) is 0 Å². The first-order valence-electron chi connectivity index (χ1n) is 20.1. The first-order chi connectivity index (χ1) is 28.3. The Morgan fingerprint density at radius 1 is 0.831 bits per heavy atom. The maximum absolute atomic E-state index is 13.7. The number of fused-ring (bicyclic) bond motifs is 1. The number of rotatable bonds is 14. The van der Waals surface area contributed by atoms with Crippen molar-refractivity contribution in [3.8, 4) is 33.5 Å². The molecule has 1 fully saturated rings. The van der Waals surface area contributed by atoms with Gasteiger partial charge in [0, 0.05) is 15.3 Å². The van der Waals surface area contributed by atoms with Crippen LogP contribution >= 0.6 is 12.2 Å². The number of nitrogens with one attached hydrogen (secondary N) is 5. The van der Waals surface area contributed by atoms with E-state index in [4.69, 9.17) is 26.7 Å². The van der Waals surface area contributed by atoms with Gasteiger partial charge in [0.15, 0.2) is 0 Å². The molecular formula is C44H55N8O5SSi. The lowest BCUT2D eigenvalue weighted by atomic mass is 9.99. The molecule has 0 bridgehead atoms. The van der Waals surface area contributed by atoms with E-state index in [1.807, 2.05) is 38.7 Å². The number of likely N-dealkylation sites (tertiary alicyclic amines) is 1. The van der Waals surface area contributed by atoms with Crippen LogP contribution in [0.5, 0.6) is 0 Å². The van der Waals surface area contributed by atoms with Crippen molar-refractivity contribution in [2.24, 2.45) is 11.8 Å². The highest BCUT2D eigenvalue weighted by molar-refractivity contribution is 7.80. The van der Waals surface area contributed by atoms with E-state index in [-0.39, 0.29) is 40.9 Å². The van der Waals surface area contributed by atoms with Gasteiger partial charge in [-0.1, -0.05) is 95.4 Å². The first-order valence-corrected chi connectivity index (χ1v) is 23.2. The molecule has 6 rings (SSSR count). The van der Waals surface area contributed by atoms with Crippen LogP contribution in [0.1, 0.15) is 64.3 Å². The number of carbonyl (C=O) groups is 3. The van der Waals surface area contributed by atoms with Crippen molar-refractivity contribution >= 4 is 55.1 Å². The quantitative estimate of drug-likeness (QED) is 0.0555. The van der Waals surface area contributed by atoms with Crippen LogP contribution in [0.15, 0.2) is 72.9 Å². The molecule has 4 atom stereocenters. The summed E-state index contributed by atoms with van der Waals surface area (Å²) in [6, 6.07) is 22.1. The fourth-order valence-electron chi connectivity index (χ4n) is 7.52. The zero-order chi connectivity index (χ0) is 42.4. The Morgan fingerprint density at radius 3 is 2.03 bits per heavy atom. The predicted octanol–water partition coefficient (Wildman–Crippen LogP) is 7.79. The Kier molecular flexibility index (Phi) is 13.9. The summed E-state index contributed by atoms with van der Waals surface area (Å²) in [5.41, 5.74) is 7.92. The van der Waals surface area contributed by atoms with Crippen molar-refractivity contribution in [3.63, 3.8) is 0 Å². The van der Waals surface area contributed by atoms with Crippen LogP contribution in [0.25, 0.3) is 44.5 Å². The Balaban J connectivity index is 1.13. The highest BCUT2D eigenvalue weighted by atomic mass is 32.1. The Bertz CT molecular complexity index is 2260. The first kappa shape index (κ1) is 43.0. The van der Waals surface area contributed by atoms with Crippen LogP contribution in [0.2, 0.25) is 19.1 Å². The summed E-state index contributed by atoms with van der Waals surface area (Å²) in [6.07, 6.45) is 2.89. The van der Waals surface area contributed by atoms with Crippen molar-refractivity contribution in [2.75, 3.05) is 20.8 Å². The van der Waals surface area contributed by atoms with E-state index in [1.54, 1.807) is 6.20 Å². The lowest BCUT2D eigenvalue weighted by molar-refractivity contribution is -0.135. The smallest absolute Gasteiger partial charge is 0.407 e. The molecule has 15 heteroatoms. The third kappa shape index (κ3) is 10.2. The molecule has 1 radical (unpaired) electrons. The van der Waals surface area contributed by atoms with E-state index in [9.17, 15) is 14.4 Å². The van der Waals surface area contributed by atoms with Gasteiger partial charge in [-0.3, -0.25) is 9.59 Å². The zero-order valence-electron chi connectivity index (χ0n) is 35.0. The second-order valence-electron chi connectivity index (χ2n) is 16.1. The average Bonchev–Trinajstić information content (AvgIpc) is 4.01. The van der Waals surface area contributed by atoms with Gasteiger partial charge in [0.05, 0.1) is 49.2 Å². The van der Waals surface area contributed by atoms with E-state index < -0.39 is 27.0 Å². The molecule has 5 N–H and O–H groups in total. The average molecular weight is 836 g/mol. The van der Waals surface area contributed by atoms with Crippen molar-refractivity contribution in [2.45, 2.75) is 83.8 Å². The fourth-order valence-corrected chi connectivity index (χ4v) is 8.76. The number of H-pyrrole nitrogens is 2. The van der Waals surface area contributed by atoms with E-state index in [0.717, 1.165) is 69.3 Å². The number of methoxy groups -OCH3 is 2. The molecule has 0 aliphatic carbocycles. The summed E-state index contributed by atoms with van der Waals surface area (Å²) in [5, 5.41) is 9.06. The predicted molar refractivity (Wildman–Crippen MR) is 237 cm³/mol. The minimum Gasteiger partial charge on any atom is -0.474 e. The third-order valence-electron chi connectivity index (χ3n) is 10.8. The lowest BCUT2D eigenvalue weighted by Crippen LogP contribution is -2.51. The van der Waals surface area contributed by atoms with Crippen LogP contribution in [0, 0.1) is 11.8 Å². The van der Waals surface area contributed by atoms with Gasteiger partial charge in [-0.05, 0) is 82.9 Å². The number of thiocarbonyl (C=S) groups is 1. The number of hydrogen-bond donors (Lipinski definition) is 5. The maximum atomic E-state index is 13.7. The molecule has 3 heterocycles. The number of aromatic amines is 2. The summed E-state index contributed by atoms with van der Waals surface area (Å²) in [4.78, 5) is 57.4. The fraction of sp³-hybridized carbons (Fsp3) is 0.409. The van der Waals surface area contributed by atoms with Gasteiger partial charge in [0.25, 0.3) is 5.17 Å². The molecular weight excluding hydrogens is 781 g/mol. The van der Waals surface area contributed by atoms with Crippen LogP contribution < -0.4 is 16.0 Å². The number of carbonyl (C=O) groups excluding carboxylic acids is 3. The highest BCUT2D eigenvalue weighted by Crippen LogP contribution is 2.34. The SMILES string of the molecule is COC(=O)NC(C(=O)NC(C[Si](C)C)c1ncc(-c2ccc(-c3ccc(-c4ccc5nc(C6CCCN6C(=O)C(NC(=S)OC)C(C)C)[nH]c5c4)cc3)cc2)[nH]1)C(C)C. The number of alkyl carbamates (subject to hydrolysis) is 1. The molecule has 1 saturated heterocycles. The Labute approximate surface area is 353 Å². The summed E-state index contributed by atoms with van der Waals surface area (Å²) in [7, 11) is 2.04. The Hall–Kier alpha value is -5.54. The zero-order valence-corrected chi connectivity index (χ0v) is 36.8. The van der Waals surface area contributed by atoms with Gasteiger partial charge < -0.3 is 40.3 Å². The van der Waals surface area contributed by atoms with Crippen LogP contribution in [-0.4, -0.2) is 89.6 Å². The van der Waals surface area contributed by atoms with Crippen LogP contribution in [0.4, 0.5) is 4.79 Å². The molecule has 59 heavy (non-hydrogen) atoms. The topological polar surface area (TPSA) is 166 Å². The number of amides is 3. The third-order valence-corrected chi connectivity index (χ3v) is 12.3. The van der Waals surface area contributed by atoms with Gasteiger partial charge in [-0.2, -0.15) is 0 Å². The molecule has 3 aromatic carbocycles. The monoisotopic (exact) mass is 835 g/mol. The minimum atomic E-state index is -0.745. The molecule has 1 aliphatic rings. The second-order valence-corrected chi connectivity index (χ2v) is 19.3. The molecule has 3 amide bonds. The lowest BCUT2D eigenvalue weighted by Gasteiger charge is -2.30. The minimum absolute atomic E-state index is 0.00426. The van der Waals surface area contributed by atoms with Gasteiger partial charge in [-0.15, -0.1) is 0 Å². The molecule has 1 aliphatic heterocycles. The van der Waals surface area contributed by atoms with E-state index in [2.05, 4.69) is 105 Å².